The van der Waals surface area contributed by atoms with Crippen molar-refractivity contribution in [3.63, 3.8) is 0 Å². The highest BCUT2D eigenvalue weighted by atomic mass is 16.4. The summed E-state index contributed by atoms with van der Waals surface area (Å²) >= 11 is 0. The molecule has 1 aliphatic heterocycles. The van der Waals surface area contributed by atoms with Gasteiger partial charge in [0, 0.05) is 25.6 Å². The van der Waals surface area contributed by atoms with Gasteiger partial charge in [0.05, 0.1) is 5.56 Å². The molecule has 5 heteroatoms. The molecule has 2 rings (SSSR count). The summed E-state index contributed by atoms with van der Waals surface area (Å²) in [7, 11) is 0. The first kappa shape index (κ1) is 15.5. The van der Waals surface area contributed by atoms with E-state index in [1.807, 2.05) is 17.9 Å². The zero-order valence-electron chi connectivity index (χ0n) is 12.3. The third-order valence-corrected chi connectivity index (χ3v) is 3.87. The number of hydrogen-bond acceptors (Lipinski definition) is 3. The number of carbonyl (C=O) groups excluding carboxylic acids is 1. The van der Waals surface area contributed by atoms with Crippen LogP contribution < -0.4 is 5.73 Å². The summed E-state index contributed by atoms with van der Waals surface area (Å²) in [5.41, 5.74) is 8.05. The lowest BCUT2D eigenvalue weighted by Crippen LogP contribution is -2.36. The van der Waals surface area contributed by atoms with Crippen LogP contribution >= 0.6 is 0 Å². The number of carboxylic acid groups (broad SMARTS) is 1. The molecule has 1 aliphatic rings. The summed E-state index contributed by atoms with van der Waals surface area (Å²) in [6, 6.07) is 5.29. The number of carboxylic acids is 1. The molecular weight excluding hydrogens is 268 g/mol. The van der Waals surface area contributed by atoms with Crippen molar-refractivity contribution in [3.8, 4) is 0 Å². The van der Waals surface area contributed by atoms with Gasteiger partial charge >= 0.3 is 5.97 Å². The molecule has 1 aromatic carbocycles. The average Bonchev–Trinajstić information content (AvgIpc) is 2.45. The smallest absolute Gasteiger partial charge is 0.335 e. The second kappa shape index (κ2) is 6.72. The van der Waals surface area contributed by atoms with E-state index in [2.05, 4.69) is 0 Å². The number of benzene rings is 1. The normalized spacial score (nSPS) is 15.4. The van der Waals surface area contributed by atoms with Crippen LogP contribution in [0.1, 0.15) is 47.7 Å². The van der Waals surface area contributed by atoms with Gasteiger partial charge in [-0.25, -0.2) is 4.79 Å². The van der Waals surface area contributed by atoms with E-state index >= 15 is 0 Å². The molecule has 0 aliphatic carbocycles. The van der Waals surface area contributed by atoms with E-state index < -0.39 is 5.97 Å². The Morgan fingerprint density at radius 1 is 1.38 bits per heavy atom. The van der Waals surface area contributed by atoms with E-state index in [1.54, 1.807) is 12.1 Å². The van der Waals surface area contributed by atoms with E-state index in [9.17, 15) is 9.59 Å². The number of amides is 1. The largest absolute Gasteiger partial charge is 0.478 e. The molecule has 0 fully saturated rings. The van der Waals surface area contributed by atoms with Gasteiger partial charge in [-0.1, -0.05) is 6.07 Å². The van der Waals surface area contributed by atoms with Gasteiger partial charge < -0.3 is 15.7 Å². The molecule has 114 valence electrons. The number of fused-ring (bicyclic) bond motifs is 1. The van der Waals surface area contributed by atoms with E-state index in [4.69, 9.17) is 10.8 Å². The number of carbonyl (C=O) groups is 2. The van der Waals surface area contributed by atoms with Gasteiger partial charge in [0.1, 0.15) is 0 Å². The topological polar surface area (TPSA) is 83.6 Å². The number of nitrogens with two attached hydrogens (primary N) is 1. The number of aromatic carboxylic acids is 1. The average molecular weight is 290 g/mol. The van der Waals surface area contributed by atoms with Crippen molar-refractivity contribution in [1.82, 2.24) is 4.90 Å². The Balaban J connectivity index is 1.99. The SMILES string of the molecule is CC(N)CCCC(=O)N1CCc2ccc(C(=O)O)cc2C1. The van der Waals surface area contributed by atoms with Crippen LogP contribution in [0.3, 0.4) is 0 Å². The zero-order chi connectivity index (χ0) is 15.4. The predicted octanol–water partition coefficient (Wildman–Crippen LogP) is 1.79. The van der Waals surface area contributed by atoms with Gasteiger partial charge in [-0.15, -0.1) is 0 Å². The maximum Gasteiger partial charge on any atom is 0.335 e. The molecule has 0 radical (unpaired) electrons. The first-order valence-electron chi connectivity index (χ1n) is 7.36. The minimum Gasteiger partial charge on any atom is -0.478 e. The number of nitrogens with zero attached hydrogens (tertiary/aromatic N) is 1. The zero-order valence-corrected chi connectivity index (χ0v) is 12.3. The van der Waals surface area contributed by atoms with Crippen molar-refractivity contribution >= 4 is 11.9 Å². The highest BCUT2D eigenvalue weighted by Gasteiger charge is 2.21. The molecule has 3 N–H and O–H groups in total. The quantitative estimate of drug-likeness (QED) is 0.866. The Bertz CT molecular complexity index is 540. The van der Waals surface area contributed by atoms with Crippen molar-refractivity contribution in [1.29, 1.82) is 0 Å². The number of hydrogen-bond donors (Lipinski definition) is 2. The Kier molecular flexibility index (Phi) is 4.96. The molecule has 1 aromatic rings. The predicted molar refractivity (Wildman–Crippen MR) is 80.0 cm³/mol. The lowest BCUT2D eigenvalue weighted by Gasteiger charge is -2.29. The molecule has 5 nitrogen and oxygen atoms in total. The fourth-order valence-corrected chi connectivity index (χ4v) is 2.64. The maximum absolute atomic E-state index is 12.2. The lowest BCUT2D eigenvalue weighted by molar-refractivity contribution is -0.132. The molecule has 1 atom stereocenters. The Morgan fingerprint density at radius 3 is 2.81 bits per heavy atom. The second-order valence-electron chi connectivity index (χ2n) is 5.72. The molecule has 1 unspecified atom stereocenters. The lowest BCUT2D eigenvalue weighted by atomic mass is 9.97. The molecule has 1 heterocycles. The first-order chi connectivity index (χ1) is 9.97. The summed E-state index contributed by atoms with van der Waals surface area (Å²) in [6.45, 7) is 3.15. The van der Waals surface area contributed by atoms with E-state index in [0.29, 0.717) is 19.5 Å². The molecular formula is C16H22N2O3. The minimum atomic E-state index is -0.932. The van der Waals surface area contributed by atoms with Gasteiger partial charge in [-0.2, -0.15) is 0 Å². The monoisotopic (exact) mass is 290 g/mol. The van der Waals surface area contributed by atoms with Crippen molar-refractivity contribution in [2.24, 2.45) is 5.73 Å². The van der Waals surface area contributed by atoms with Crippen LogP contribution in [0.5, 0.6) is 0 Å². The molecule has 21 heavy (non-hydrogen) atoms. The molecule has 0 spiro atoms. The van der Waals surface area contributed by atoms with Crippen LogP contribution in [-0.2, 0) is 17.8 Å². The van der Waals surface area contributed by atoms with Crippen molar-refractivity contribution in [2.45, 2.75) is 45.2 Å². The van der Waals surface area contributed by atoms with Crippen LogP contribution in [0.2, 0.25) is 0 Å². The minimum absolute atomic E-state index is 0.123. The van der Waals surface area contributed by atoms with Crippen molar-refractivity contribution in [3.05, 3.63) is 34.9 Å². The van der Waals surface area contributed by atoms with Crippen molar-refractivity contribution < 1.29 is 14.7 Å². The summed E-state index contributed by atoms with van der Waals surface area (Å²) in [5.74, 6) is -0.805. The van der Waals surface area contributed by atoms with Gasteiger partial charge in [0.25, 0.3) is 0 Å². The summed E-state index contributed by atoms with van der Waals surface area (Å²) < 4.78 is 0. The third-order valence-electron chi connectivity index (χ3n) is 3.87. The van der Waals surface area contributed by atoms with Crippen LogP contribution in [0, 0.1) is 0 Å². The molecule has 0 bridgehead atoms. The fourth-order valence-electron chi connectivity index (χ4n) is 2.64. The van der Waals surface area contributed by atoms with E-state index in [-0.39, 0.29) is 17.5 Å². The molecule has 0 aromatic heterocycles. The summed E-state index contributed by atoms with van der Waals surface area (Å²) in [6.07, 6.45) is 2.94. The molecule has 0 saturated heterocycles. The standard InChI is InChI=1S/C16H22N2O3/c1-11(17)3-2-4-15(19)18-8-7-12-5-6-13(16(20)21)9-14(12)10-18/h5-6,9,11H,2-4,7-8,10,17H2,1H3,(H,20,21). The number of rotatable bonds is 5. The Hall–Kier alpha value is -1.88. The van der Waals surface area contributed by atoms with Gasteiger partial charge in [-0.3, -0.25) is 4.79 Å². The first-order valence-corrected chi connectivity index (χ1v) is 7.36. The van der Waals surface area contributed by atoms with Crippen LogP contribution in [-0.4, -0.2) is 34.5 Å². The third kappa shape index (κ3) is 4.04. The Morgan fingerprint density at radius 2 is 2.14 bits per heavy atom. The highest BCUT2D eigenvalue weighted by Crippen LogP contribution is 2.21. The fraction of sp³-hybridized carbons (Fsp3) is 0.500. The van der Waals surface area contributed by atoms with Crippen molar-refractivity contribution in [2.75, 3.05) is 6.54 Å². The van der Waals surface area contributed by atoms with Crippen LogP contribution in [0.25, 0.3) is 0 Å². The summed E-state index contributed by atoms with van der Waals surface area (Å²) in [4.78, 5) is 25.0. The van der Waals surface area contributed by atoms with Crippen LogP contribution in [0.15, 0.2) is 18.2 Å². The van der Waals surface area contributed by atoms with E-state index in [0.717, 1.165) is 30.4 Å². The second-order valence-corrected chi connectivity index (χ2v) is 5.72. The molecule has 1 amide bonds. The Labute approximate surface area is 124 Å². The maximum atomic E-state index is 12.2. The van der Waals surface area contributed by atoms with Crippen LogP contribution in [0.4, 0.5) is 0 Å². The molecule has 0 saturated carbocycles. The summed E-state index contributed by atoms with van der Waals surface area (Å²) in [5, 5.41) is 9.04. The highest BCUT2D eigenvalue weighted by molar-refractivity contribution is 5.88. The van der Waals surface area contributed by atoms with Gasteiger partial charge in [0.15, 0.2) is 0 Å². The van der Waals surface area contributed by atoms with Gasteiger partial charge in [0.2, 0.25) is 5.91 Å². The van der Waals surface area contributed by atoms with E-state index in [1.165, 1.54) is 0 Å². The van der Waals surface area contributed by atoms with Gasteiger partial charge in [-0.05, 0) is 49.4 Å².